The summed E-state index contributed by atoms with van der Waals surface area (Å²) >= 11 is 0. The average Bonchev–Trinajstić information content (AvgIpc) is 2.83. The normalized spacial score (nSPS) is 23.1. The average molecular weight is 315 g/mol. The minimum atomic E-state index is -0.499. The predicted molar refractivity (Wildman–Crippen MR) is 86.5 cm³/mol. The molecule has 0 aliphatic carbocycles. The van der Waals surface area contributed by atoms with Crippen LogP contribution in [0.4, 0.5) is 0 Å². The van der Waals surface area contributed by atoms with E-state index in [0.29, 0.717) is 32.6 Å². The summed E-state index contributed by atoms with van der Waals surface area (Å²) in [5.74, 6) is 0.0718. The van der Waals surface area contributed by atoms with Crippen molar-refractivity contribution in [1.82, 2.24) is 4.90 Å². The zero-order chi connectivity index (χ0) is 17.0. The molecule has 1 rings (SSSR count). The van der Waals surface area contributed by atoms with E-state index in [1.807, 2.05) is 34.6 Å². The van der Waals surface area contributed by atoms with Crippen molar-refractivity contribution in [2.75, 3.05) is 26.4 Å². The van der Waals surface area contributed by atoms with E-state index in [4.69, 9.17) is 4.74 Å². The van der Waals surface area contributed by atoms with Gasteiger partial charge < -0.3 is 19.8 Å². The van der Waals surface area contributed by atoms with Gasteiger partial charge in [-0.05, 0) is 31.6 Å². The van der Waals surface area contributed by atoms with Crippen LogP contribution in [0.1, 0.15) is 53.9 Å². The molecule has 1 saturated heterocycles. The third kappa shape index (κ3) is 5.21. The van der Waals surface area contributed by atoms with Crippen LogP contribution in [0.2, 0.25) is 0 Å². The zero-order valence-electron chi connectivity index (χ0n) is 14.8. The van der Waals surface area contributed by atoms with E-state index in [2.05, 4.69) is 0 Å². The Morgan fingerprint density at radius 2 is 1.91 bits per heavy atom. The lowest BCUT2D eigenvalue weighted by atomic mass is 9.78. The van der Waals surface area contributed by atoms with Crippen LogP contribution in [0.5, 0.6) is 0 Å². The zero-order valence-corrected chi connectivity index (χ0v) is 14.8. The first kappa shape index (κ1) is 19.4. The van der Waals surface area contributed by atoms with Gasteiger partial charge in [0.05, 0.1) is 18.8 Å². The van der Waals surface area contributed by atoms with Gasteiger partial charge >= 0.3 is 0 Å². The Morgan fingerprint density at radius 1 is 1.27 bits per heavy atom. The second-order valence-electron chi connectivity index (χ2n) is 7.87. The molecule has 0 aromatic carbocycles. The van der Waals surface area contributed by atoms with Crippen molar-refractivity contribution in [2.24, 2.45) is 10.8 Å². The number of aliphatic hydroxyl groups is 2. The molecule has 0 spiro atoms. The molecule has 0 aromatic rings. The third-order valence-corrected chi connectivity index (χ3v) is 4.60. The first-order valence-electron chi connectivity index (χ1n) is 8.30. The van der Waals surface area contributed by atoms with Gasteiger partial charge in [-0.1, -0.05) is 27.7 Å². The van der Waals surface area contributed by atoms with Crippen molar-refractivity contribution in [3.63, 3.8) is 0 Å². The molecule has 0 radical (unpaired) electrons. The summed E-state index contributed by atoms with van der Waals surface area (Å²) in [4.78, 5) is 14.7. The van der Waals surface area contributed by atoms with Gasteiger partial charge in [0.25, 0.3) is 0 Å². The van der Waals surface area contributed by atoms with Crippen LogP contribution < -0.4 is 0 Å². The molecule has 5 heteroatoms. The molecular weight excluding hydrogens is 282 g/mol. The van der Waals surface area contributed by atoms with Crippen LogP contribution in [0.25, 0.3) is 0 Å². The van der Waals surface area contributed by atoms with Crippen molar-refractivity contribution >= 4 is 5.91 Å². The molecule has 0 aromatic heterocycles. The number of carbonyl (C=O) groups is 1. The maximum absolute atomic E-state index is 12.9. The number of aliphatic hydroxyl groups excluding tert-OH is 2. The SMILES string of the molecule is CCOCC1CC(O)CN1C(=O)C(C)(C)CCC(C)(C)CO. The summed E-state index contributed by atoms with van der Waals surface area (Å²) in [7, 11) is 0. The molecule has 1 aliphatic rings. The number of likely N-dealkylation sites (tertiary alicyclic amines) is 1. The Kier molecular flexibility index (Phi) is 6.84. The number of nitrogens with zero attached hydrogens (tertiary/aromatic N) is 1. The topological polar surface area (TPSA) is 70.0 Å². The molecule has 130 valence electrons. The van der Waals surface area contributed by atoms with Crippen molar-refractivity contribution < 1.29 is 19.7 Å². The number of amides is 1. The molecule has 2 atom stereocenters. The van der Waals surface area contributed by atoms with Crippen LogP contribution in [-0.4, -0.2) is 59.5 Å². The number of ether oxygens (including phenoxy) is 1. The molecule has 22 heavy (non-hydrogen) atoms. The maximum atomic E-state index is 12.9. The summed E-state index contributed by atoms with van der Waals surface area (Å²) < 4.78 is 5.45. The number of hydrogen-bond donors (Lipinski definition) is 2. The summed E-state index contributed by atoms with van der Waals surface area (Å²) in [6.07, 6.45) is 1.63. The first-order chi connectivity index (χ1) is 10.1. The highest BCUT2D eigenvalue weighted by Crippen LogP contribution is 2.34. The molecule has 2 unspecified atom stereocenters. The Hall–Kier alpha value is -0.650. The van der Waals surface area contributed by atoms with Gasteiger partial charge in [0.2, 0.25) is 5.91 Å². The number of carbonyl (C=O) groups excluding carboxylic acids is 1. The fourth-order valence-corrected chi connectivity index (χ4v) is 2.78. The molecule has 2 N–H and O–H groups in total. The van der Waals surface area contributed by atoms with Gasteiger partial charge in [-0.15, -0.1) is 0 Å². The molecule has 5 nitrogen and oxygen atoms in total. The summed E-state index contributed by atoms with van der Waals surface area (Å²) in [5.41, 5.74) is -0.673. The van der Waals surface area contributed by atoms with Gasteiger partial charge in [0.1, 0.15) is 0 Å². The summed E-state index contributed by atoms with van der Waals surface area (Å²) in [6, 6.07) is -0.0347. The van der Waals surface area contributed by atoms with Crippen LogP contribution in [-0.2, 0) is 9.53 Å². The fourth-order valence-electron chi connectivity index (χ4n) is 2.78. The Balaban J connectivity index is 2.70. The van der Waals surface area contributed by atoms with Gasteiger partial charge in [0, 0.05) is 25.2 Å². The molecule has 0 bridgehead atoms. The van der Waals surface area contributed by atoms with E-state index in [1.165, 1.54) is 0 Å². The highest BCUT2D eigenvalue weighted by molar-refractivity contribution is 5.82. The van der Waals surface area contributed by atoms with E-state index >= 15 is 0 Å². The Bertz CT molecular complexity index is 368. The summed E-state index contributed by atoms with van der Waals surface area (Å²) in [6.45, 7) is 11.4. The molecule has 1 fully saturated rings. The van der Waals surface area contributed by atoms with E-state index in [-0.39, 0.29) is 24.0 Å². The third-order valence-electron chi connectivity index (χ3n) is 4.60. The minimum Gasteiger partial charge on any atom is -0.396 e. The monoisotopic (exact) mass is 315 g/mol. The fraction of sp³-hybridized carbons (Fsp3) is 0.941. The van der Waals surface area contributed by atoms with Crippen LogP contribution >= 0.6 is 0 Å². The van der Waals surface area contributed by atoms with Crippen LogP contribution in [0.3, 0.4) is 0 Å². The maximum Gasteiger partial charge on any atom is 0.228 e. The highest BCUT2D eigenvalue weighted by atomic mass is 16.5. The van der Waals surface area contributed by atoms with E-state index in [9.17, 15) is 15.0 Å². The van der Waals surface area contributed by atoms with Gasteiger partial charge in [-0.25, -0.2) is 0 Å². The molecule has 0 saturated carbocycles. The quantitative estimate of drug-likeness (QED) is 0.717. The van der Waals surface area contributed by atoms with Crippen LogP contribution in [0, 0.1) is 10.8 Å². The molecule has 1 heterocycles. The number of β-amino-alcohol motifs (C(OH)–C–C–N with tert-alkyl or cyclic N) is 1. The molecule has 1 aliphatic heterocycles. The second kappa shape index (κ2) is 7.75. The second-order valence-corrected chi connectivity index (χ2v) is 7.87. The summed E-state index contributed by atoms with van der Waals surface area (Å²) in [5, 5.41) is 19.3. The Labute approximate surface area is 134 Å². The standard InChI is InChI=1S/C17H33NO4/c1-6-22-11-13-9-14(20)10-18(13)15(21)17(4,5)8-7-16(2,3)12-19/h13-14,19-20H,6-12H2,1-5H3. The van der Waals surface area contributed by atoms with Gasteiger partial charge in [-0.3, -0.25) is 4.79 Å². The number of hydrogen-bond acceptors (Lipinski definition) is 4. The van der Waals surface area contributed by atoms with E-state index in [0.717, 1.165) is 6.42 Å². The lowest BCUT2D eigenvalue weighted by Gasteiger charge is -2.35. The lowest BCUT2D eigenvalue weighted by molar-refractivity contribution is -0.143. The number of rotatable bonds is 8. The predicted octanol–water partition coefficient (Wildman–Crippen LogP) is 1.81. The van der Waals surface area contributed by atoms with Crippen molar-refractivity contribution in [1.29, 1.82) is 0 Å². The van der Waals surface area contributed by atoms with E-state index < -0.39 is 11.5 Å². The van der Waals surface area contributed by atoms with Crippen molar-refractivity contribution in [3.05, 3.63) is 0 Å². The smallest absolute Gasteiger partial charge is 0.228 e. The van der Waals surface area contributed by atoms with E-state index in [1.54, 1.807) is 4.90 Å². The molecule has 1 amide bonds. The highest BCUT2D eigenvalue weighted by Gasteiger charge is 2.41. The van der Waals surface area contributed by atoms with Gasteiger partial charge in [0.15, 0.2) is 0 Å². The Morgan fingerprint density at radius 3 is 2.45 bits per heavy atom. The first-order valence-corrected chi connectivity index (χ1v) is 8.30. The largest absolute Gasteiger partial charge is 0.396 e. The minimum absolute atomic E-state index is 0.0347. The molecular formula is C17H33NO4. The van der Waals surface area contributed by atoms with Gasteiger partial charge in [-0.2, -0.15) is 0 Å². The lowest BCUT2D eigenvalue weighted by Crippen LogP contribution is -2.46. The van der Waals surface area contributed by atoms with Crippen molar-refractivity contribution in [2.45, 2.75) is 66.0 Å². The van der Waals surface area contributed by atoms with Crippen molar-refractivity contribution in [3.8, 4) is 0 Å². The van der Waals surface area contributed by atoms with Crippen LogP contribution in [0.15, 0.2) is 0 Å².